The number of hydrogen-bond acceptors (Lipinski definition) is 3. The molecule has 0 aliphatic heterocycles. The number of pyridine rings is 1. The number of hydrogen-bond donors (Lipinski definition) is 2. The third-order valence-electron chi connectivity index (χ3n) is 5.95. The molecule has 0 bridgehead atoms. The lowest BCUT2D eigenvalue weighted by Gasteiger charge is -2.36. The number of aryl methyl sites for hydroxylation is 2. The van der Waals surface area contributed by atoms with E-state index in [9.17, 15) is 4.79 Å². The van der Waals surface area contributed by atoms with Gasteiger partial charge in [0.25, 0.3) is 5.56 Å². The molecule has 5 nitrogen and oxygen atoms in total. The first-order chi connectivity index (χ1) is 14.0. The third kappa shape index (κ3) is 5.58. The summed E-state index contributed by atoms with van der Waals surface area (Å²) in [6, 6.07) is 6.62. The number of H-pyrrole nitrogens is 1. The second-order valence-electron chi connectivity index (χ2n) is 8.15. The lowest BCUT2D eigenvalue weighted by atomic mass is 9.94. The van der Waals surface area contributed by atoms with Gasteiger partial charge in [0.05, 0.1) is 6.54 Å². The van der Waals surface area contributed by atoms with Crippen LogP contribution >= 0.6 is 12.2 Å². The summed E-state index contributed by atoms with van der Waals surface area (Å²) < 4.78 is 5.13. The average molecular weight is 416 g/mol. The Hall–Kier alpha value is -1.92. The summed E-state index contributed by atoms with van der Waals surface area (Å²) in [5, 5.41) is 5.19. The number of aromatic nitrogens is 1. The van der Waals surface area contributed by atoms with Crippen molar-refractivity contribution in [2.24, 2.45) is 0 Å². The van der Waals surface area contributed by atoms with Crippen molar-refractivity contribution in [3.05, 3.63) is 45.2 Å². The minimum Gasteiger partial charge on any atom is -0.385 e. The van der Waals surface area contributed by atoms with E-state index in [2.05, 4.69) is 41.2 Å². The molecule has 1 saturated carbocycles. The topological polar surface area (TPSA) is 57.4 Å². The Bertz CT molecular complexity index is 903. The fraction of sp³-hybridized carbons (Fsp3) is 0.565. The molecule has 6 heteroatoms. The molecule has 0 saturated heterocycles. The molecule has 0 unspecified atom stereocenters. The van der Waals surface area contributed by atoms with Gasteiger partial charge in [-0.1, -0.05) is 19.3 Å². The summed E-state index contributed by atoms with van der Waals surface area (Å²) in [6.07, 6.45) is 6.89. The van der Waals surface area contributed by atoms with Crippen molar-refractivity contribution in [3.63, 3.8) is 0 Å². The third-order valence-corrected chi connectivity index (χ3v) is 6.33. The first kappa shape index (κ1) is 21.8. The summed E-state index contributed by atoms with van der Waals surface area (Å²) in [7, 11) is 1.71. The van der Waals surface area contributed by atoms with Gasteiger partial charge in [-0.05, 0) is 80.0 Å². The van der Waals surface area contributed by atoms with Crippen molar-refractivity contribution in [2.75, 3.05) is 20.3 Å². The van der Waals surface area contributed by atoms with Crippen LogP contribution in [0.1, 0.15) is 55.2 Å². The van der Waals surface area contributed by atoms with Crippen LogP contribution in [0.5, 0.6) is 0 Å². The number of benzene rings is 1. The molecule has 1 aliphatic rings. The first-order valence-electron chi connectivity index (χ1n) is 10.7. The minimum absolute atomic E-state index is 0.0243. The number of rotatable bonds is 7. The molecule has 1 heterocycles. The lowest BCUT2D eigenvalue weighted by Crippen LogP contribution is -2.47. The van der Waals surface area contributed by atoms with Crippen LogP contribution in [0.3, 0.4) is 0 Å². The molecule has 0 spiro atoms. The second-order valence-corrected chi connectivity index (χ2v) is 8.53. The summed E-state index contributed by atoms with van der Waals surface area (Å²) in [6.45, 7) is 6.20. The Morgan fingerprint density at radius 1 is 1.21 bits per heavy atom. The molecule has 3 rings (SSSR count). The Morgan fingerprint density at radius 3 is 2.66 bits per heavy atom. The fourth-order valence-electron chi connectivity index (χ4n) is 4.10. The van der Waals surface area contributed by atoms with Crippen LogP contribution in [-0.2, 0) is 11.3 Å². The van der Waals surface area contributed by atoms with E-state index >= 15 is 0 Å². The van der Waals surface area contributed by atoms with Crippen molar-refractivity contribution in [1.29, 1.82) is 0 Å². The molecule has 158 valence electrons. The molecule has 29 heavy (non-hydrogen) atoms. The molecule has 1 aliphatic carbocycles. The molecule has 2 aromatic rings. The van der Waals surface area contributed by atoms with Crippen LogP contribution in [0.25, 0.3) is 10.9 Å². The van der Waals surface area contributed by atoms with Crippen LogP contribution in [0.15, 0.2) is 23.0 Å². The highest BCUT2D eigenvalue weighted by Gasteiger charge is 2.24. The lowest BCUT2D eigenvalue weighted by molar-refractivity contribution is 0.194. The van der Waals surface area contributed by atoms with E-state index in [1.165, 1.54) is 30.4 Å². The van der Waals surface area contributed by atoms with Gasteiger partial charge in [-0.2, -0.15) is 0 Å². The Balaban J connectivity index is 1.84. The van der Waals surface area contributed by atoms with Gasteiger partial charge in [-0.15, -0.1) is 0 Å². The van der Waals surface area contributed by atoms with Crippen molar-refractivity contribution in [2.45, 2.75) is 65.0 Å². The van der Waals surface area contributed by atoms with Crippen molar-refractivity contribution < 1.29 is 4.74 Å². The molecule has 1 aromatic carbocycles. The normalized spacial score (nSPS) is 14.9. The second kappa shape index (κ2) is 10.2. The van der Waals surface area contributed by atoms with Crippen molar-refractivity contribution in [1.82, 2.24) is 15.2 Å². The SMILES string of the molecule is COCCCNC(=S)N(Cc1cc2cc(C)c(C)cc2[nH]c1=O)C1CCCCC1. The van der Waals surface area contributed by atoms with Crippen molar-refractivity contribution in [3.8, 4) is 0 Å². The molecule has 0 atom stereocenters. The van der Waals surface area contributed by atoms with Crippen LogP contribution < -0.4 is 10.9 Å². The maximum atomic E-state index is 12.8. The zero-order valence-electron chi connectivity index (χ0n) is 17.8. The van der Waals surface area contributed by atoms with E-state index < -0.39 is 0 Å². The number of methoxy groups -OCH3 is 1. The summed E-state index contributed by atoms with van der Waals surface area (Å²) in [4.78, 5) is 18.1. The quantitative estimate of drug-likeness (QED) is 0.525. The van der Waals surface area contributed by atoms with Gasteiger partial charge in [0.2, 0.25) is 0 Å². The number of aromatic amines is 1. The zero-order chi connectivity index (χ0) is 20.8. The van der Waals surface area contributed by atoms with Crippen LogP contribution in [0.2, 0.25) is 0 Å². The summed E-state index contributed by atoms with van der Waals surface area (Å²) in [5.74, 6) is 0. The highest BCUT2D eigenvalue weighted by molar-refractivity contribution is 7.80. The van der Waals surface area contributed by atoms with Crippen LogP contribution in [0, 0.1) is 13.8 Å². The summed E-state index contributed by atoms with van der Waals surface area (Å²) >= 11 is 5.74. The minimum atomic E-state index is -0.0243. The van der Waals surface area contributed by atoms with Crippen LogP contribution in [0.4, 0.5) is 0 Å². The first-order valence-corrected chi connectivity index (χ1v) is 11.1. The van der Waals surface area contributed by atoms with E-state index in [0.29, 0.717) is 19.2 Å². The molecule has 1 fully saturated rings. The van der Waals surface area contributed by atoms with Gasteiger partial charge in [0.1, 0.15) is 0 Å². The van der Waals surface area contributed by atoms with E-state index in [-0.39, 0.29) is 5.56 Å². The smallest absolute Gasteiger partial charge is 0.253 e. The number of fused-ring (bicyclic) bond motifs is 1. The van der Waals surface area contributed by atoms with Crippen molar-refractivity contribution >= 4 is 28.2 Å². The Labute approximate surface area is 178 Å². The monoisotopic (exact) mass is 415 g/mol. The molecule has 0 radical (unpaired) electrons. The van der Waals surface area contributed by atoms with Gasteiger partial charge in [-0.25, -0.2) is 0 Å². The molecular weight excluding hydrogens is 382 g/mol. The van der Waals surface area contributed by atoms with E-state index in [1.54, 1.807) is 7.11 Å². The fourth-order valence-corrected chi connectivity index (χ4v) is 4.41. The highest BCUT2D eigenvalue weighted by atomic mass is 32.1. The largest absolute Gasteiger partial charge is 0.385 e. The predicted molar refractivity (Wildman–Crippen MR) is 124 cm³/mol. The van der Waals surface area contributed by atoms with E-state index in [4.69, 9.17) is 17.0 Å². The molecule has 1 aromatic heterocycles. The van der Waals surface area contributed by atoms with Gasteiger partial charge in [0.15, 0.2) is 5.11 Å². The number of ether oxygens (including phenoxy) is 1. The molecule has 2 N–H and O–H groups in total. The maximum Gasteiger partial charge on any atom is 0.253 e. The van der Waals surface area contributed by atoms with E-state index in [1.807, 2.05) is 6.07 Å². The summed E-state index contributed by atoms with van der Waals surface area (Å²) in [5.41, 5.74) is 4.06. The zero-order valence-corrected chi connectivity index (χ0v) is 18.7. The Kier molecular flexibility index (Phi) is 7.67. The number of thiocarbonyl (C=S) groups is 1. The standard InChI is InChI=1S/C23H33N3O2S/c1-16-12-18-14-19(22(27)25-21(18)13-17(16)2)15-26(20-8-5-4-6-9-20)23(29)24-10-7-11-28-3/h12-14,20H,4-11,15H2,1-3H3,(H,24,29)(H,25,27). The van der Waals surface area contributed by atoms with Crippen LogP contribution in [-0.4, -0.2) is 41.3 Å². The Morgan fingerprint density at radius 2 is 1.93 bits per heavy atom. The van der Waals surface area contributed by atoms with Gasteiger partial charge < -0.3 is 19.9 Å². The van der Waals surface area contributed by atoms with Gasteiger partial charge >= 0.3 is 0 Å². The highest BCUT2D eigenvalue weighted by Crippen LogP contribution is 2.25. The maximum absolute atomic E-state index is 12.8. The van der Waals surface area contributed by atoms with Gasteiger partial charge in [0, 0.05) is 37.4 Å². The van der Waals surface area contributed by atoms with Gasteiger partial charge in [-0.3, -0.25) is 4.79 Å². The van der Waals surface area contributed by atoms with E-state index in [0.717, 1.165) is 47.4 Å². The molecular formula is C23H33N3O2S. The average Bonchev–Trinajstić information content (AvgIpc) is 2.71. The number of nitrogens with one attached hydrogen (secondary N) is 2. The number of nitrogens with zero attached hydrogens (tertiary/aromatic N) is 1. The molecule has 0 amide bonds. The predicted octanol–water partition coefficient (Wildman–Crippen LogP) is 4.19.